The molecule has 1 fully saturated rings. The lowest BCUT2D eigenvalue weighted by atomic mass is 10.1. The second kappa shape index (κ2) is 10.6. The third-order valence-electron chi connectivity index (χ3n) is 4.30. The van der Waals surface area contributed by atoms with Gasteiger partial charge < -0.3 is 19.9 Å². The van der Waals surface area contributed by atoms with Crippen LogP contribution in [0.2, 0.25) is 0 Å². The van der Waals surface area contributed by atoms with Crippen LogP contribution >= 0.6 is 23.7 Å². The van der Waals surface area contributed by atoms with Gasteiger partial charge in [-0.3, -0.25) is 4.79 Å². The number of hydrogen-bond donors (Lipinski definition) is 1. The lowest BCUT2D eigenvalue weighted by Crippen LogP contribution is -2.41. The Morgan fingerprint density at radius 2 is 2.23 bits per heavy atom. The van der Waals surface area contributed by atoms with Crippen molar-refractivity contribution in [1.29, 1.82) is 0 Å². The van der Waals surface area contributed by atoms with E-state index in [1.165, 1.54) is 0 Å². The first-order chi connectivity index (χ1) is 12.3. The predicted molar refractivity (Wildman–Crippen MR) is 102 cm³/mol. The Bertz CT molecular complexity index is 657. The number of aryl methyl sites for hydroxylation is 1. The molecule has 0 saturated carbocycles. The number of ether oxygens (including phenoxy) is 1. The standard InChI is InChI=1S/C17H24N4O3S.ClH/c18-7-1-10-23-14-4-8-21(9-5-14)16(22)3-2-15-19-17(20-24-15)13-6-11-25-12-13;/h6,11-12,14H,1-5,7-10,18H2;1H. The van der Waals surface area contributed by atoms with E-state index in [0.717, 1.165) is 37.9 Å². The van der Waals surface area contributed by atoms with Crippen LogP contribution in [0, 0.1) is 0 Å². The van der Waals surface area contributed by atoms with Gasteiger partial charge in [0.05, 0.1) is 6.10 Å². The summed E-state index contributed by atoms with van der Waals surface area (Å²) in [6.45, 7) is 2.85. The summed E-state index contributed by atoms with van der Waals surface area (Å²) in [6.07, 6.45) is 3.78. The first kappa shape index (κ1) is 20.8. The van der Waals surface area contributed by atoms with Crippen LogP contribution in [-0.4, -0.2) is 53.3 Å². The van der Waals surface area contributed by atoms with Gasteiger partial charge in [0.1, 0.15) is 0 Å². The van der Waals surface area contributed by atoms with Crippen LogP contribution in [0.1, 0.15) is 31.6 Å². The fourth-order valence-corrected chi connectivity index (χ4v) is 3.48. The number of carbonyl (C=O) groups is 1. The molecule has 2 aromatic rings. The summed E-state index contributed by atoms with van der Waals surface area (Å²) in [4.78, 5) is 18.6. The number of nitrogens with two attached hydrogens (primary N) is 1. The van der Waals surface area contributed by atoms with Gasteiger partial charge >= 0.3 is 0 Å². The van der Waals surface area contributed by atoms with Crippen LogP contribution in [0.3, 0.4) is 0 Å². The summed E-state index contributed by atoms with van der Waals surface area (Å²) in [6, 6.07) is 1.95. The lowest BCUT2D eigenvalue weighted by molar-refractivity contribution is -0.133. The fourth-order valence-electron chi connectivity index (χ4n) is 2.84. The number of thiophene rings is 1. The Labute approximate surface area is 163 Å². The van der Waals surface area contributed by atoms with Crippen LogP contribution in [0.15, 0.2) is 21.3 Å². The van der Waals surface area contributed by atoms with Crippen molar-refractivity contribution in [1.82, 2.24) is 15.0 Å². The molecule has 1 saturated heterocycles. The van der Waals surface area contributed by atoms with Crippen LogP contribution in [-0.2, 0) is 16.0 Å². The van der Waals surface area contributed by atoms with Gasteiger partial charge in [0.2, 0.25) is 17.6 Å². The molecular formula is C17H25ClN4O3S. The van der Waals surface area contributed by atoms with Crippen molar-refractivity contribution in [2.24, 2.45) is 5.73 Å². The average Bonchev–Trinajstić information content (AvgIpc) is 3.32. The molecular weight excluding hydrogens is 376 g/mol. The van der Waals surface area contributed by atoms with E-state index in [0.29, 0.717) is 37.7 Å². The van der Waals surface area contributed by atoms with Gasteiger partial charge in [-0.25, -0.2) is 0 Å². The number of carbonyl (C=O) groups excluding carboxylic acids is 1. The second-order valence-electron chi connectivity index (χ2n) is 6.12. The average molecular weight is 401 g/mol. The second-order valence-corrected chi connectivity index (χ2v) is 6.90. The molecule has 0 spiro atoms. The Balaban J connectivity index is 0.00000243. The molecule has 3 rings (SSSR count). The number of hydrogen-bond acceptors (Lipinski definition) is 7. The lowest BCUT2D eigenvalue weighted by Gasteiger charge is -2.32. The molecule has 1 amide bonds. The molecule has 0 atom stereocenters. The third-order valence-corrected chi connectivity index (χ3v) is 4.98. The van der Waals surface area contributed by atoms with Crippen LogP contribution in [0.4, 0.5) is 0 Å². The van der Waals surface area contributed by atoms with Crippen molar-refractivity contribution in [2.75, 3.05) is 26.2 Å². The Morgan fingerprint density at radius 1 is 1.42 bits per heavy atom. The topological polar surface area (TPSA) is 94.5 Å². The van der Waals surface area contributed by atoms with E-state index >= 15 is 0 Å². The Morgan fingerprint density at radius 3 is 2.92 bits per heavy atom. The van der Waals surface area contributed by atoms with E-state index in [1.54, 1.807) is 11.3 Å². The van der Waals surface area contributed by atoms with Crippen LogP contribution in [0.5, 0.6) is 0 Å². The molecule has 0 aromatic carbocycles. The first-order valence-corrected chi connectivity index (χ1v) is 9.65. The zero-order chi connectivity index (χ0) is 17.5. The normalized spacial score (nSPS) is 15.0. The van der Waals surface area contributed by atoms with Crippen molar-refractivity contribution >= 4 is 29.7 Å². The molecule has 2 aromatic heterocycles. The number of piperidine rings is 1. The molecule has 0 aliphatic carbocycles. The van der Waals surface area contributed by atoms with Gasteiger partial charge in [0, 0.05) is 43.5 Å². The van der Waals surface area contributed by atoms with E-state index in [9.17, 15) is 4.79 Å². The van der Waals surface area contributed by atoms with Crippen LogP contribution in [0.25, 0.3) is 11.4 Å². The number of halogens is 1. The molecule has 1 aliphatic rings. The Kier molecular flexibility index (Phi) is 8.50. The van der Waals surface area contributed by atoms with Gasteiger partial charge in [-0.1, -0.05) is 5.16 Å². The highest BCUT2D eigenvalue weighted by atomic mass is 35.5. The number of nitrogens with zero attached hydrogens (tertiary/aromatic N) is 3. The minimum atomic E-state index is 0. The molecule has 9 heteroatoms. The largest absolute Gasteiger partial charge is 0.378 e. The molecule has 2 N–H and O–H groups in total. The first-order valence-electron chi connectivity index (χ1n) is 8.71. The monoisotopic (exact) mass is 400 g/mol. The molecule has 3 heterocycles. The van der Waals surface area contributed by atoms with Crippen molar-refractivity contribution in [3.8, 4) is 11.4 Å². The fraction of sp³-hybridized carbons (Fsp3) is 0.588. The molecule has 7 nitrogen and oxygen atoms in total. The summed E-state index contributed by atoms with van der Waals surface area (Å²) in [5.74, 6) is 1.23. The molecule has 0 unspecified atom stereocenters. The number of aromatic nitrogens is 2. The van der Waals surface area contributed by atoms with Gasteiger partial charge in [-0.15, -0.1) is 12.4 Å². The molecule has 0 bridgehead atoms. The molecule has 1 aliphatic heterocycles. The van der Waals surface area contributed by atoms with Crippen molar-refractivity contribution in [3.63, 3.8) is 0 Å². The summed E-state index contributed by atoms with van der Waals surface area (Å²) < 4.78 is 11.0. The van der Waals surface area contributed by atoms with Crippen LogP contribution < -0.4 is 5.73 Å². The van der Waals surface area contributed by atoms with Gasteiger partial charge in [0.15, 0.2) is 0 Å². The highest BCUT2D eigenvalue weighted by molar-refractivity contribution is 7.08. The minimum absolute atomic E-state index is 0. The van der Waals surface area contributed by atoms with Gasteiger partial charge in [-0.05, 0) is 37.3 Å². The summed E-state index contributed by atoms with van der Waals surface area (Å²) in [5, 5.41) is 7.91. The maximum atomic E-state index is 12.4. The minimum Gasteiger partial charge on any atom is -0.378 e. The molecule has 26 heavy (non-hydrogen) atoms. The van der Waals surface area contributed by atoms with E-state index in [2.05, 4.69) is 10.1 Å². The highest BCUT2D eigenvalue weighted by Crippen LogP contribution is 2.19. The SMILES string of the molecule is Cl.NCCCOC1CCN(C(=O)CCc2nc(-c3ccsc3)no2)CC1. The maximum absolute atomic E-state index is 12.4. The summed E-state index contributed by atoms with van der Waals surface area (Å²) in [7, 11) is 0. The number of amides is 1. The third kappa shape index (κ3) is 5.77. The zero-order valence-corrected chi connectivity index (χ0v) is 16.3. The molecule has 0 radical (unpaired) electrons. The highest BCUT2D eigenvalue weighted by Gasteiger charge is 2.23. The van der Waals surface area contributed by atoms with Gasteiger partial charge in [-0.2, -0.15) is 16.3 Å². The molecule has 144 valence electrons. The van der Waals surface area contributed by atoms with Crippen molar-refractivity contribution in [3.05, 3.63) is 22.7 Å². The van der Waals surface area contributed by atoms with E-state index in [1.807, 2.05) is 21.7 Å². The van der Waals surface area contributed by atoms with Crippen molar-refractivity contribution in [2.45, 2.75) is 38.2 Å². The Hall–Kier alpha value is -1.48. The van der Waals surface area contributed by atoms with Crippen molar-refractivity contribution < 1.29 is 14.1 Å². The number of likely N-dealkylation sites (tertiary alicyclic amines) is 1. The summed E-state index contributed by atoms with van der Waals surface area (Å²) >= 11 is 1.59. The smallest absolute Gasteiger partial charge is 0.227 e. The van der Waals surface area contributed by atoms with E-state index in [4.69, 9.17) is 15.0 Å². The van der Waals surface area contributed by atoms with E-state index < -0.39 is 0 Å². The maximum Gasteiger partial charge on any atom is 0.227 e. The van der Waals surface area contributed by atoms with Gasteiger partial charge in [0.25, 0.3) is 0 Å². The quantitative estimate of drug-likeness (QED) is 0.684. The number of rotatable bonds is 8. The zero-order valence-electron chi connectivity index (χ0n) is 14.6. The summed E-state index contributed by atoms with van der Waals surface area (Å²) in [5.41, 5.74) is 6.41. The predicted octanol–water partition coefficient (Wildman–Crippen LogP) is 2.51. The van der Waals surface area contributed by atoms with E-state index in [-0.39, 0.29) is 24.4 Å².